The lowest BCUT2D eigenvalue weighted by Crippen LogP contribution is -2.17. The summed E-state index contributed by atoms with van der Waals surface area (Å²) in [7, 11) is 0. The molecule has 1 aromatic heterocycles. The van der Waals surface area contributed by atoms with Crippen LogP contribution in [-0.4, -0.2) is 11.8 Å². The summed E-state index contributed by atoms with van der Waals surface area (Å²) in [5.41, 5.74) is 6.72. The number of anilines is 1. The SMILES string of the molecule is CCCCCCCCCC(=O)Nc1sc(C)c(C)c1C(N)=O. The van der Waals surface area contributed by atoms with Gasteiger partial charge >= 0.3 is 0 Å². The molecule has 0 aliphatic heterocycles. The van der Waals surface area contributed by atoms with Gasteiger partial charge in [0.1, 0.15) is 5.00 Å². The smallest absolute Gasteiger partial charge is 0.251 e. The van der Waals surface area contributed by atoms with E-state index in [-0.39, 0.29) is 5.91 Å². The molecule has 0 fully saturated rings. The number of aryl methyl sites for hydroxylation is 1. The molecule has 0 spiro atoms. The molecule has 0 radical (unpaired) electrons. The highest BCUT2D eigenvalue weighted by Gasteiger charge is 2.18. The van der Waals surface area contributed by atoms with Crippen LogP contribution in [0.5, 0.6) is 0 Å². The highest BCUT2D eigenvalue weighted by atomic mass is 32.1. The van der Waals surface area contributed by atoms with Gasteiger partial charge in [-0.05, 0) is 25.8 Å². The van der Waals surface area contributed by atoms with E-state index in [0.29, 0.717) is 17.0 Å². The first kappa shape index (κ1) is 18.7. The summed E-state index contributed by atoms with van der Waals surface area (Å²) in [6.45, 7) is 6.00. The van der Waals surface area contributed by atoms with Crippen molar-refractivity contribution in [2.75, 3.05) is 5.32 Å². The molecule has 22 heavy (non-hydrogen) atoms. The topological polar surface area (TPSA) is 72.2 Å². The Morgan fingerprint density at radius 3 is 2.23 bits per heavy atom. The highest BCUT2D eigenvalue weighted by Crippen LogP contribution is 2.32. The van der Waals surface area contributed by atoms with Gasteiger partial charge in [0.25, 0.3) is 5.91 Å². The summed E-state index contributed by atoms with van der Waals surface area (Å²) >= 11 is 1.42. The third kappa shape index (κ3) is 5.79. The van der Waals surface area contributed by atoms with Gasteiger partial charge in [-0.25, -0.2) is 0 Å². The molecule has 2 amide bonds. The second-order valence-corrected chi connectivity index (χ2v) is 7.00. The quantitative estimate of drug-likeness (QED) is 0.620. The fraction of sp³-hybridized carbons (Fsp3) is 0.647. The van der Waals surface area contributed by atoms with Gasteiger partial charge in [0.2, 0.25) is 5.91 Å². The Hall–Kier alpha value is -1.36. The van der Waals surface area contributed by atoms with Crippen LogP contribution in [0.3, 0.4) is 0 Å². The first-order chi connectivity index (χ1) is 10.5. The van der Waals surface area contributed by atoms with Crippen LogP contribution in [0.15, 0.2) is 0 Å². The Morgan fingerprint density at radius 2 is 1.64 bits per heavy atom. The lowest BCUT2D eigenvalue weighted by molar-refractivity contribution is -0.116. The molecule has 0 unspecified atom stereocenters. The number of carbonyl (C=O) groups is 2. The predicted molar refractivity (Wildman–Crippen MR) is 93.6 cm³/mol. The van der Waals surface area contributed by atoms with Gasteiger partial charge in [-0.15, -0.1) is 11.3 Å². The van der Waals surface area contributed by atoms with Crippen molar-refractivity contribution in [2.45, 2.75) is 72.1 Å². The predicted octanol–water partition coefficient (Wildman–Crippen LogP) is 4.54. The Balaban J connectivity index is 2.37. The fourth-order valence-electron chi connectivity index (χ4n) is 2.44. The number of thiophene rings is 1. The number of hydrogen-bond donors (Lipinski definition) is 2. The normalized spacial score (nSPS) is 10.7. The van der Waals surface area contributed by atoms with Crippen LogP contribution in [0.2, 0.25) is 0 Å². The molecular formula is C17H28N2O2S. The van der Waals surface area contributed by atoms with E-state index < -0.39 is 5.91 Å². The molecule has 0 aromatic carbocycles. The van der Waals surface area contributed by atoms with Crippen molar-refractivity contribution < 1.29 is 9.59 Å². The summed E-state index contributed by atoms with van der Waals surface area (Å²) in [4.78, 5) is 24.5. The molecule has 0 saturated heterocycles. The minimum Gasteiger partial charge on any atom is -0.365 e. The third-order valence-electron chi connectivity index (χ3n) is 3.89. The number of carbonyl (C=O) groups excluding carboxylic acids is 2. The van der Waals surface area contributed by atoms with E-state index in [9.17, 15) is 9.59 Å². The Bertz CT molecular complexity index is 509. The maximum atomic E-state index is 12.0. The first-order valence-electron chi connectivity index (χ1n) is 8.17. The lowest BCUT2D eigenvalue weighted by Gasteiger charge is -2.05. The summed E-state index contributed by atoms with van der Waals surface area (Å²) in [5.74, 6) is -0.509. The number of nitrogens with one attached hydrogen (secondary N) is 1. The van der Waals surface area contributed by atoms with Crippen molar-refractivity contribution in [1.82, 2.24) is 0 Å². The van der Waals surface area contributed by atoms with Gasteiger partial charge in [0.15, 0.2) is 0 Å². The van der Waals surface area contributed by atoms with Crippen LogP contribution in [0, 0.1) is 13.8 Å². The fourth-order valence-corrected chi connectivity index (χ4v) is 3.53. The average Bonchev–Trinajstić information content (AvgIpc) is 2.72. The zero-order valence-electron chi connectivity index (χ0n) is 14.0. The van der Waals surface area contributed by atoms with E-state index in [2.05, 4.69) is 12.2 Å². The van der Waals surface area contributed by atoms with E-state index in [0.717, 1.165) is 23.3 Å². The van der Waals surface area contributed by atoms with Crippen LogP contribution < -0.4 is 11.1 Å². The zero-order valence-corrected chi connectivity index (χ0v) is 14.8. The molecule has 0 bridgehead atoms. The van der Waals surface area contributed by atoms with Crippen molar-refractivity contribution in [1.29, 1.82) is 0 Å². The maximum absolute atomic E-state index is 12.0. The molecule has 0 aliphatic carbocycles. The molecule has 3 N–H and O–H groups in total. The Morgan fingerprint density at radius 1 is 1.05 bits per heavy atom. The van der Waals surface area contributed by atoms with Gasteiger partial charge < -0.3 is 11.1 Å². The van der Waals surface area contributed by atoms with Gasteiger partial charge in [0, 0.05) is 11.3 Å². The van der Waals surface area contributed by atoms with Crippen molar-refractivity contribution in [3.05, 3.63) is 16.0 Å². The average molecular weight is 324 g/mol. The van der Waals surface area contributed by atoms with Gasteiger partial charge in [-0.2, -0.15) is 0 Å². The molecule has 0 aliphatic rings. The molecule has 4 nitrogen and oxygen atoms in total. The van der Waals surface area contributed by atoms with Crippen LogP contribution in [0.4, 0.5) is 5.00 Å². The standard InChI is InChI=1S/C17H28N2O2S/c1-4-5-6-7-8-9-10-11-14(20)19-17-15(16(18)21)12(2)13(3)22-17/h4-11H2,1-3H3,(H2,18,21)(H,19,20). The van der Waals surface area contributed by atoms with Crippen LogP contribution >= 0.6 is 11.3 Å². The van der Waals surface area contributed by atoms with Crippen molar-refractivity contribution in [3.8, 4) is 0 Å². The van der Waals surface area contributed by atoms with Crippen molar-refractivity contribution >= 4 is 28.2 Å². The third-order valence-corrected chi connectivity index (χ3v) is 5.01. The van der Waals surface area contributed by atoms with Gasteiger partial charge in [-0.1, -0.05) is 45.4 Å². The molecular weight excluding hydrogens is 296 g/mol. The number of nitrogens with two attached hydrogens (primary N) is 1. The Labute approximate surface area is 137 Å². The summed E-state index contributed by atoms with van der Waals surface area (Å²) < 4.78 is 0. The van der Waals surface area contributed by atoms with Crippen LogP contribution in [0.25, 0.3) is 0 Å². The molecule has 1 heterocycles. The second kappa shape index (κ2) is 9.62. The highest BCUT2D eigenvalue weighted by molar-refractivity contribution is 7.16. The first-order valence-corrected chi connectivity index (χ1v) is 8.98. The van der Waals surface area contributed by atoms with Crippen molar-refractivity contribution in [2.24, 2.45) is 5.73 Å². The number of rotatable bonds is 10. The number of primary amides is 1. The van der Waals surface area contributed by atoms with Gasteiger partial charge in [-0.3, -0.25) is 9.59 Å². The van der Waals surface area contributed by atoms with E-state index in [1.165, 1.54) is 43.4 Å². The number of amides is 2. The van der Waals surface area contributed by atoms with Crippen LogP contribution in [-0.2, 0) is 4.79 Å². The number of hydrogen-bond acceptors (Lipinski definition) is 3. The summed E-state index contributed by atoms with van der Waals surface area (Å²) in [6, 6.07) is 0. The molecule has 0 saturated carbocycles. The molecule has 1 rings (SSSR count). The largest absolute Gasteiger partial charge is 0.365 e. The second-order valence-electron chi connectivity index (χ2n) is 5.77. The van der Waals surface area contributed by atoms with E-state index >= 15 is 0 Å². The van der Waals surface area contributed by atoms with Crippen molar-refractivity contribution in [3.63, 3.8) is 0 Å². The van der Waals surface area contributed by atoms with E-state index in [1.807, 2.05) is 13.8 Å². The van der Waals surface area contributed by atoms with E-state index in [4.69, 9.17) is 5.73 Å². The molecule has 124 valence electrons. The number of unbranched alkanes of at least 4 members (excludes halogenated alkanes) is 6. The zero-order chi connectivity index (χ0) is 16.5. The maximum Gasteiger partial charge on any atom is 0.251 e. The monoisotopic (exact) mass is 324 g/mol. The Kier molecular flexibility index (Phi) is 8.17. The molecule has 1 aromatic rings. The van der Waals surface area contributed by atoms with Gasteiger partial charge in [0.05, 0.1) is 5.56 Å². The van der Waals surface area contributed by atoms with Crippen LogP contribution in [0.1, 0.15) is 79.1 Å². The van der Waals surface area contributed by atoms with E-state index in [1.54, 1.807) is 0 Å². The molecule has 5 heteroatoms. The molecule has 0 atom stereocenters. The lowest BCUT2D eigenvalue weighted by atomic mass is 10.1. The summed E-state index contributed by atoms with van der Waals surface area (Å²) in [5, 5.41) is 3.44. The minimum absolute atomic E-state index is 0.0303. The minimum atomic E-state index is -0.479. The summed E-state index contributed by atoms with van der Waals surface area (Å²) in [6.07, 6.45) is 8.77.